The van der Waals surface area contributed by atoms with Gasteiger partial charge in [-0.2, -0.15) is 12.6 Å². The van der Waals surface area contributed by atoms with Crippen molar-refractivity contribution in [3.8, 4) is 0 Å². The summed E-state index contributed by atoms with van der Waals surface area (Å²) in [6.45, 7) is 6.87. The average Bonchev–Trinajstić information content (AvgIpc) is 2.20. The molecule has 0 aromatic heterocycles. The third kappa shape index (κ3) is 16.5. The zero-order valence-corrected chi connectivity index (χ0v) is 14.2. The molecule has 0 rings (SSSR count). The monoisotopic (exact) mass is 464 g/mol. The fourth-order valence-electron chi connectivity index (χ4n) is 0.916. The molecule has 0 aromatic carbocycles. The Balaban J connectivity index is -0.000000224. The Kier molecular flexibility index (Phi) is 19.3. The standard InChI is InChI=1S/C6H15P.C4H6O4S.Au/c1-4-7(5-2)6-3;5-3(6)1-2(9)4(7)8;/h4-6H2,1-3H3;2,9H,1H2,(H,5,6)(H,7,8);/q;;+1/p-1. The Bertz CT molecular complexity index is 207. The smallest absolute Gasteiger partial charge is 0.550 e. The zero-order chi connectivity index (χ0) is 13.1. The molecular weight excluding hydrogens is 444 g/mol. The predicted molar refractivity (Wildman–Crippen MR) is 68.6 cm³/mol. The number of carboxylic acid groups (broad SMARTS) is 2. The second kappa shape index (κ2) is 14.5. The molecule has 4 nitrogen and oxygen atoms in total. The molecule has 1 atom stereocenters. The first-order chi connectivity index (χ1) is 7.38. The van der Waals surface area contributed by atoms with Gasteiger partial charge in [-0.25, -0.2) is 0 Å². The number of rotatable bonds is 6. The van der Waals surface area contributed by atoms with Gasteiger partial charge in [-0.05, 0) is 18.5 Å². The third-order valence-corrected chi connectivity index (χ3v) is 5.07. The van der Waals surface area contributed by atoms with E-state index in [0.717, 1.165) is 0 Å². The molecule has 1 unspecified atom stereocenters. The van der Waals surface area contributed by atoms with E-state index < -0.39 is 23.6 Å². The molecule has 0 saturated carbocycles. The molecule has 7 heteroatoms. The van der Waals surface area contributed by atoms with Crippen LogP contribution in [0.5, 0.6) is 0 Å². The number of hydrogen-bond acceptors (Lipinski definition) is 4. The summed E-state index contributed by atoms with van der Waals surface area (Å²) in [6.07, 6.45) is 3.70. The van der Waals surface area contributed by atoms with Crippen molar-refractivity contribution in [1.29, 1.82) is 0 Å². The van der Waals surface area contributed by atoms with Gasteiger partial charge in [-0.15, -0.1) is 7.92 Å². The molecular formula is C10H20AuO4PS. The van der Waals surface area contributed by atoms with Crippen molar-refractivity contribution in [3.63, 3.8) is 0 Å². The van der Waals surface area contributed by atoms with Crippen molar-refractivity contribution < 1.29 is 42.2 Å². The molecule has 0 aliphatic carbocycles. The van der Waals surface area contributed by atoms with Crippen LogP contribution in [0.25, 0.3) is 0 Å². The summed E-state index contributed by atoms with van der Waals surface area (Å²) in [5.41, 5.74) is 0. The van der Waals surface area contributed by atoms with Crippen molar-refractivity contribution in [3.05, 3.63) is 0 Å². The van der Waals surface area contributed by atoms with Gasteiger partial charge in [0, 0.05) is 12.4 Å². The van der Waals surface area contributed by atoms with Gasteiger partial charge >= 0.3 is 28.3 Å². The van der Waals surface area contributed by atoms with Crippen molar-refractivity contribution >= 4 is 32.5 Å². The zero-order valence-electron chi connectivity index (χ0n) is 10.3. The summed E-state index contributed by atoms with van der Waals surface area (Å²) in [4.78, 5) is 19.6. The summed E-state index contributed by atoms with van der Waals surface area (Å²) in [5, 5.41) is 16.6. The molecule has 0 bridgehead atoms. The number of carbonyl (C=O) groups excluding carboxylic acids is 1. The van der Waals surface area contributed by atoms with E-state index in [1.807, 2.05) is 0 Å². The normalized spacial score (nSPS) is 10.9. The Morgan fingerprint density at radius 2 is 1.59 bits per heavy atom. The van der Waals surface area contributed by atoms with Crippen LogP contribution in [-0.4, -0.2) is 40.8 Å². The molecule has 0 radical (unpaired) electrons. The summed E-state index contributed by atoms with van der Waals surface area (Å²) < 4.78 is 0. The van der Waals surface area contributed by atoms with Crippen molar-refractivity contribution in [2.45, 2.75) is 32.4 Å². The van der Waals surface area contributed by atoms with Crippen LogP contribution >= 0.6 is 20.6 Å². The van der Waals surface area contributed by atoms with E-state index in [1.165, 1.54) is 18.5 Å². The number of aliphatic carboxylic acids is 2. The minimum atomic E-state index is -1.41. The first-order valence-electron chi connectivity index (χ1n) is 5.21. The fraction of sp³-hybridized carbons (Fsp3) is 0.800. The minimum absolute atomic E-state index is 0. The number of carboxylic acids is 2. The second-order valence-electron chi connectivity index (χ2n) is 3.05. The van der Waals surface area contributed by atoms with E-state index in [0.29, 0.717) is 7.92 Å². The SMILES string of the molecule is CCP(CC)CC.O=C([O-])CC(S)C(=O)O.[Au+]. The van der Waals surface area contributed by atoms with Gasteiger partial charge in [0.05, 0.1) is 0 Å². The molecule has 0 aliphatic heterocycles. The molecule has 0 amide bonds. The average molecular weight is 464 g/mol. The van der Waals surface area contributed by atoms with Gasteiger partial charge in [0.2, 0.25) is 0 Å². The first kappa shape index (κ1) is 22.6. The largest absolute Gasteiger partial charge is 1.00 e. The molecule has 1 N–H and O–H groups in total. The minimum Gasteiger partial charge on any atom is -0.550 e. The molecule has 0 aliphatic rings. The number of carbonyl (C=O) groups is 2. The van der Waals surface area contributed by atoms with Crippen LogP contribution in [0.4, 0.5) is 0 Å². The van der Waals surface area contributed by atoms with Crippen LogP contribution in [-0.2, 0) is 32.0 Å². The molecule has 0 heterocycles. The van der Waals surface area contributed by atoms with Gasteiger partial charge in [0.25, 0.3) is 0 Å². The molecule has 106 valence electrons. The molecule has 0 saturated heterocycles. The van der Waals surface area contributed by atoms with Crippen LogP contribution in [0.1, 0.15) is 27.2 Å². The van der Waals surface area contributed by atoms with E-state index >= 15 is 0 Å². The van der Waals surface area contributed by atoms with Crippen LogP contribution < -0.4 is 5.11 Å². The van der Waals surface area contributed by atoms with Gasteiger partial charge in [-0.1, -0.05) is 20.8 Å². The maximum Gasteiger partial charge on any atom is 1.00 e. The van der Waals surface area contributed by atoms with E-state index in [9.17, 15) is 14.7 Å². The van der Waals surface area contributed by atoms with Crippen LogP contribution in [0.3, 0.4) is 0 Å². The van der Waals surface area contributed by atoms with E-state index in [2.05, 4.69) is 33.4 Å². The fourth-order valence-corrected chi connectivity index (χ4v) is 2.41. The third-order valence-electron chi connectivity index (χ3n) is 1.99. The summed E-state index contributed by atoms with van der Waals surface area (Å²) >= 11 is 3.44. The van der Waals surface area contributed by atoms with Gasteiger partial charge < -0.3 is 15.0 Å². The summed E-state index contributed by atoms with van der Waals surface area (Å²) in [6, 6.07) is 0. The Morgan fingerprint density at radius 1 is 1.24 bits per heavy atom. The van der Waals surface area contributed by atoms with E-state index in [1.54, 1.807) is 0 Å². The van der Waals surface area contributed by atoms with Crippen LogP contribution in [0, 0.1) is 0 Å². The van der Waals surface area contributed by atoms with Crippen LogP contribution in [0.15, 0.2) is 0 Å². The maximum absolute atomic E-state index is 9.87. The van der Waals surface area contributed by atoms with Gasteiger partial charge in [-0.3, -0.25) is 4.79 Å². The summed E-state index contributed by atoms with van der Waals surface area (Å²) in [5.74, 6) is -2.65. The van der Waals surface area contributed by atoms with Crippen molar-refractivity contribution in [1.82, 2.24) is 0 Å². The van der Waals surface area contributed by atoms with E-state index in [-0.39, 0.29) is 22.4 Å². The van der Waals surface area contributed by atoms with Crippen LogP contribution in [0.2, 0.25) is 0 Å². The van der Waals surface area contributed by atoms with Gasteiger partial charge in [0.15, 0.2) is 0 Å². The van der Waals surface area contributed by atoms with Crippen molar-refractivity contribution in [2.24, 2.45) is 0 Å². The molecule has 17 heavy (non-hydrogen) atoms. The number of thiol groups is 1. The predicted octanol–water partition coefficient (Wildman–Crippen LogP) is 1.03. The quantitative estimate of drug-likeness (QED) is 0.350. The second-order valence-corrected chi connectivity index (χ2v) is 6.91. The maximum atomic E-state index is 9.87. The molecule has 0 spiro atoms. The van der Waals surface area contributed by atoms with Crippen molar-refractivity contribution in [2.75, 3.05) is 18.5 Å². The first-order valence-corrected chi connectivity index (χ1v) is 7.63. The molecule has 0 aromatic rings. The topological polar surface area (TPSA) is 77.4 Å². The Hall–Kier alpha value is 0.460. The Morgan fingerprint density at radius 3 is 1.65 bits per heavy atom. The molecule has 0 fully saturated rings. The van der Waals surface area contributed by atoms with Gasteiger partial charge in [0.1, 0.15) is 5.25 Å². The summed E-state index contributed by atoms with van der Waals surface area (Å²) in [7, 11) is 0.446. The Labute approximate surface area is 125 Å². The van der Waals surface area contributed by atoms with E-state index in [4.69, 9.17) is 5.11 Å². The number of hydrogen-bond donors (Lipinski definition) is 2.